The number of nitrogens with zero attached hydrogens (tertiary/aromatic N) is 1. The van der Waals surface area contributed by atoms with Crippen LogP contribution in [0.5, 0.6) is 23.0 Å². The average Bonchev–Trinajstić information content (AvgIpc) is 2.81. The molecule has 164 valence electrons. The Hall–Kier alpha value is -4.00. The van der Waals surface area contributed by atoms with Crippen LogP contribution in [0.4, 0.5) is 0 Å². The van der Waals surface area contributed by atoms with Gasteiger partial charge >= 0.3 is 5.97 Å². The Bertz CT molecular complexity index is 1160. The fourth-order valence-electron chi connectivity index (χ4n) is 4.12. The lowest BCUT2D eigenvalue weighted by atomic mass is 9.79. The highest BCUT2D eigenvalue weighted by atomic mass is 16.5. The minimum Gasteiger partial charge on any atom is -0.493 e. The summed E-state index contributed by atoms with van der Waals surface area (Å²) >= 11 is 0. The molecule has 1 amide bonds. The lowest BCUT2D eigenvalue weighted by Crippen LogP contribution is -2.42. The van der Waals surface area contributed by atoms with Crippen molar-refractivity contribution in [3.8, 4) is 23.0 Å². The Morgan fingerprint density at radius 1 is 0.906 bits per heavy atom. The van der Waals surface area contributed by atoms with Crippen LogP contribution in [0.25, 0.3) is 0 Å². The van der Waals surface area contributed by atoms with Crippen molar-refractivity contribution in [3.05, 3.63) is 83.4 Å². The van der Waals surface area contributed by atoms with E-state index in [1.54, 1.807) is 37.4 Å². The van der Waals surface area contributed by atoms with Gasteiger partial charge in [-0.25, -0.2) is 0 Å². The van der Waals surface area contributed by atoms with Gasteiger partial charge in [-0.2, -0.15) is 0 Å². The third kappa shape index (κ3) is 3.73. The van der Waals surface area contributed by atoms with Crippen LogP contribution in [0.3, 0.4) is 0 Å². The normalized spacial score (nSPS) is 17.5. The summed E-state index contributed by atoms with van der Waals surface area (Å²) < 4.78 is 16.6. The van der Waals surface area contributed by atoms with Gasteiger partial charge in [-0.05, 0) is 47.5 Å². The van der Waals surface area contributed by atoms with Gasteiger partial charge in [0, 0.05) is 12.6 Å². The van der Waals surface area contributed by atoms with E-state index < -0.39 is 17.9 Å². The van der Waals surface area contributed by atoms with Crippen LogP contribution in [0, 0.1) is 0 Å². The number of hydrogen-bond donors (Lipinski definition) is 1. The molecule has 0 spiro atoms. The summed E-state index contributed by atoms with van der Waals surface area (Å²) in [7, 11) is 4.54. The molecule has 0 saturated heterocycles. The molecule has 3 aromatic rings. The van der Waals surface area contributed by atoms with Gasteiger partial charge in [-0.15, -0.1) is 0 Å². The topological polar surface area (TPSA) is 85.3 Å². The van der Waals surface area contributed by atoms with E-state index >= 15 is 0 Å². The van der Waals surface area contributed by atoms with E-state index in [4.69, 9.17) is 14.2 Å². The van der Waals surface area contributed by atoms with Crippen molar-refractivity contribution in [2.75, 3.05) is 21.3 Å². The smallest absolute Gasteiger partial charge is 0.313 e. The third-order valence-electron chi connectivity index (χ3n) is 5.62. The lowest BCUT2D eigenvalue weighted by Gasteiger charge is -2.39. The first kappa shape index (κ1) is 21.2. The van der Waals surface area contributed by atoms with Crippen molar-refractivity contribution >= 4 is 11.9 Å². The predicted octanol–water partition coefficient (Wildman–Crippen LogP) is 4.49. The Kier molecular flexibility index (Phi) is 5.73. The molecule has 0 unspecified atom stereocenters. The number of aliphatic carboxylic acids is 1. The Morgan fingerprint density at radius 2 is 1.56 bits per heavy atom. The third-order valence-corrected chi connectivity index (χ3v) is 5.62. The van der Waals surface area contributed by atoms with Crippen molar-refractivity contribution in [3.63, 3.8) is 0 Å². The highest BCUT2D eigenvalue weighted by Crippen LogP contribution is 2.46. The predicted molar refractivity (Wildman–Crippen MR) is 118 cm³/mol. The van der Waals surface area contributed by atoms with Gasteiger partial charge in [-0.1, -0.05) is 30.3 Å². The SMILES string of the molecule is COc1cc2c(cc1OC)[C@@H](C(=O)O)[C@H](c1cccc(Oc3ccccc3)c1)N(C)C2=O. The number of benzene rings is 3. The van der Waals surface area contributed by atoms with Gasteiger partial charge in [0.1, 0.15) is 17.4 Å². The zero-order chi connectivity index (χ0) is 22.8. The van der Waals surface area contributed by atoms with Crippen molar-refractivity contribution < 1.29 is 28.9 Å². The zero-order valence-corrected chi connectivity index (χ0v) is 17.9. The first-order valence-electron chi connectivity index (χ1n) is 10.0. The number of carbonyl (C=O) groups is 2. The number of carboxylic acid groups (broad SMARTS) is 1. The van der Waals surface area contributed by atoms with Crippen LogP contribution in [-0.2, 0) is 4.79 Å². The van der Waals surface area contributed by atoms with Crippen molar-refractivity contribution in [2.24, 2.45) is 0 Å². The van der Waals surface area contributed by atoms with Crippen LogP contribution in [-0.4, -0.2) is 43.2 Å². The fraction of sp³-hybridized carbons (Fsp3) is 0.200. The summed E-state index contributed by atoms with van der Waals surface area (Å²) in [6.07, 6.45) is 0. The number of hydrogen-bond acceptors (Lipinski definition) is 5. The summed E-state index contributed by atoms with van der Waals surface area (Å²) in [4.78, 5) is 27.1. The first-order valence-corrected chi connectivity index (χ1v) is 10.0. The number of methoxy groups -OCH3 is 2. The zero-order valence-electron chi connectivity index (χ0n) is 17.9. The monoisotopic (exact) mass is 433 g/mol. The fourth-order valence-corrected chi connectivity index (χ4v) is 4.12. The Morgan fingerprint density at radius 3 is 2.22 bits per heavy atom. The van der Waals surface area contributed by atoms with E-state index in [1.807, 2.05) is 30.3 Å². The van der Waals surface area contributed by atoms with E-state index in [9.17, 15) is 14.7 Å². The molecule has 0 bridgehead atoms. The molecule has 3 aromatic carbocycles. The van der Waals surface area contributed by atoms with Gasteiger partial charge in [-0.3, -0.25) is 9.59 Å². The summed E-state index contributed by atoms with van der Waals surface area (Å²) in [5.74, 6) is -0.385. The molecule has 1 aliphatic rings. The van der Waals surface area contributed by atoms with Crippen LogP contribution in [0.15, 0.2) is 66.7 Å². The minimum absolute atomic E-state index is 0.283. The van der Waals surface area contributed by atoms with Gasteiger partial charge < -0.3 is 24.2 Å². The van der Waals surface area contributed by atoms with Crippen molar-refractivity contribution in [1.82, 2.24) is 4.90 Å². The number of para-hydroxylation sites is 1. The van der Waals surface area contributed by atoms with E-state index in [0.29, 0.717) is 34.1 Å². The number of amides is 1. The van der Waals surface area contributed by atoms with E-state index in [-0.39, 0.29) is 11.5 Å². The summed E-state index contributed by atoms with van der Waals surface area (Å²) in [5.41, 5.74) is 1.32. The second-order valence-electron chi connectivity index (χ2n) is 7.46. The van der Waals surface area contributed by atoms with E-state index in [2.05, 4.69) is 0 Å². The molecule has 0 fully saturated rings. The molecule has 1 heterocycles. The molecule has 7 nitrogen and oxygen atoms in total. The van der Waals surface area contributed by atoms with Crippen molar-refractivity contribution in [2.45, 2.75) is 12.0 Å². The minimum atomic E-state index is -1.04. The molecule has 2 atom stereocenters. The first-order chi connectivity index (χ1) is 15.4. The Labute approximate surface area is 185 Å². The van der Waals surface area contributed by atoms with Gasteiger partial charge in [0.2, 0.25) is 0 Å². The summed E-state index contributed by atoms with van der Waals surface area (Å²) in [6, 6.07) is 18.8. The number of carboxylic acids is 1. The lowest BCUT2D eigenvalue weighted by molar-refractivity contribution is -0.140. The maximum atomic E-state index is 13.2. The molecule has 0 saturated carbocycles. The highest BCUT2D eigenvalue weighted by Gasteiger charge is 2.43. The summed E-state index contributed by atoms with van der Waals surface area (Å²) in [5, 5.41) is 10.2. The van der Waals surface area contributed by atoms with Crippen LogP contribution in [0.1, 0.15) is 33.4 Å². The van der Waals surface area contributed by atoms with Crippen LogP contribution in [0.2, 0.25) is 0 Å². The molecule has 4 rings (SSSR count). The van der Waals surface area contributed by atoms with E-state index in [1.165, 1.54) is 25.2 Å². The summed E-state index contributed by atoms with van der Waals surface area (Å²) in [6.45, 7) is 0. The number of carbonyl (C=O) groups excluding carboxylic acids is 1. The molecule has 0 aliphatic carbocycles. The quantitative estimate of drug-likeness (QED) is 0.617. The van der Waals surface area contributed by atoms with E-state index in [0.717, 1.165) is 0 Å². The molecular weight excluding hydrogens is 410 g/mol. The molecule has 7 heteroatoms. The maximum Gasteiger partial charge on any atom is 0.313 e. The van der Waals surface area contributed by atoms with Gasteiger partial charge in [0.05, 0.1) is 20.3 Å². The Balaban J connectivity index is 1.80. The molecule has 0 radical (unpaired) electrons. The number of rotatable bonds is 6. The molecule has 1 N–H and O–H groups in total. The van der Waals surface area contributed by atoms with Gasteiger partial charge in [0.25, 0.3) is 5.91 Å². The standard InChI is InChI=1S/C25H23NO6/c1-26-23(15-8-7-11-17(12-15)32-16-9-5-4-6-10-16)22(25(28)29)18-13-20(30-2)21(31-3)14-19(18)24(26)27/h4-14,22-23H,1-3H3,(H,28,29)/t22-,23+/m1/s1. The second-order valence-corrected chi connectivity index (χ2v) is 7.46. The number of ether oxygens (including phenoxy) is 3. The largest absolute Gasteiger partial charge is 0.493 e. The molecular formula is C25H23NO6. The second kappa shape index (κ2) is 8.63. The van der Waals surface area contributed by atoms with Crippen molar-refractivity contribution in [1.29, 1.82) is 0 Å². The number of likely N-dealkylation sites (N-methyl/N-ethyl adjacent to an activating group) is 1. The van der Waals surface area contributed by atoms with Crippen LogP contribution < -0.4 is 14.2 Å². The number of fused-ring (bicyclic) bond motifs is 1. The molecule has 1 aliphatic heterocycles. The van der Waals surface area contributed by atoms with Crippen LogP contribution >= 0.6 is 0 Å². The highest BCUT2D eigenvalue weighted by molar-refractivity contribution is 6.01. The maximum absolute atomic E-state index is 13.2. The van der Waals surface area contributed by atoms with Gasteiger partial charge in [0.15, 0.2) is 11.5 Å². The molecule has 0 aromatic heterocycles. The average molecular weight is 433 g/mol. The molecule has 32 heavy (non-hydrogen) atoms.